The van der Waals surface area contributed by atoms with Crippen LogP contribution in [0.3, 0.4) is 0 Å². The van der Waals surface area contributed by atoms with Crippen molar-refractivity contribution in [3.8, 4) is 0 Å². The predicted molar refractivity (Wildman–Crippen MR) is 147 cm³/mol. The summed E-state index contributed by atoms with van der Waals surface area (Å²) >= 11 is 6.51. The first-order chi connectivity index (χ1) is 18.1. The number of aliphatic hydroxyl groups is 1. The summed E-state index contributed by atoms with van der Waals surface area (Å²) in [5.74, 6) is -2.21. The van der Waals surface area contributed by atoms with Crippen LogP contribution < -0.4 is 4.90 Å². The number of likely N-dealkylation sites (N-methyl/N-ethyl adjacent to an activating group) is 1. The number of aliphatic hydroxyl groups excluding tert-OH is 1. The van der Waals surface area contributed by atoms with Gasteiger partial charge in [-0.2, -0.15) is 0 Å². The fourth-order valence-electron chi connectivity index (χ4n) is 6.66. The molecule has 9 heteroatoms. The van der Waals surface area contributed by atoms with Crippen LogP contribution in [0.5, 0.6) is 0 Å². The molecule has 1 aromatic rings. The van der Waals surface area contributed by atoms with E-state index in [-0.39, 0.29) is 36.8 Å². The van der Waals surface area contributed by atoms with Gasteiger partial charge in [-0.15, -0.1) is 13.2 Å². The second kappa shape index (κ2) is 11.2. The summed E-state index contributed by atoms with van der Waals surface area (Å²) in [5.41, 5.74) is -0.666. The first-order valence-electron chi connectivity index (χ1n) is 13.3. The Morgan fingerprint density at radius 2 is 1.92 bits per heavy atom. The van der Waals surface area contributed by atoms with Crippen molar-refractivity contribution in [3.05, 3.63) is 54.6 Å². The maximum absolute atomic E-state index is 14.5. The Kier molecular flexibility index (Phi) is 8.35. The van der Waals surface area contributed by atoms with Gasteiger partial charge in [0, 0.05) is 20.1 Å². The normalized spacial score (nSPS) is 28.4. The van der Waals surface area contributed by atoms with E-state index in [1.807, 2.05) is 13.8 Å². The van der Waals surface area contributed by atoms with Gasteiger partial charge in [0.25, 0.3) is 5.91 Å². The largest absolute Gasteiger partial charge is 0.394 e. The lowest BCUT2D eigenvalue weighted by molar-refractivity contribution is -0.147. The number of likely N-dealkylation sites (tertiary alicyclic amines) is 1. The molecule has 3 aliphatic rings. The standard InChI is InChI=1S/C29H38ClN3O5/c1-6-14-31(5)26(35)23-22-12-13-29(38-22)24(23)27(36)33(19(17-34)16-18(3)4)25(29)28(37)32(15-7-2)21-11-9-8-10-20(21)30/h6-11,18-19,22-25,34H,1-2,12-17H2,3-5H3/t19-,22-,23+,24+,25?,29?/m1/s1. The van der Waals surface area contributed by atoms with E-state index >= 15 is 0 Å². The molecule has 8 nitrogen and oxygen atoms in total. The van der Waals surface area contributed by atoms with Crippen molar-refractivity contribution in [1.29, 1.82) is 0 Å². The first-order valence-corrected chi connectivity index (χ1v) is 13.6. The van der Waals surface area contributed by atoms with Crippen LogP contribution in [-0.2, 0) is 19.1 Å². The van der Waals surface area contributed by atoms with E-state index in [4.69, 9.17) is 16.3 Å². The number of amides is 3. The number of para-hydroxylation sites is 1. The first kappa shape index (κ1) is 28.3. The SMILES string of the molecule is C=CCN(C)C(=O)[C@@H]1[C@H]2C(=O)N([C@@H](CO)CC(C)C)C(C(=O)N(CC=C)c3ccccc3Cl)C23CC[C@H]1O3. The minimum atomic E-state index is -1.17. The lowest BCUT2D eigenvalue weighted by Crippen LogP contribution is -2.59. The van der Waals surface area contributed by atoms with Gasteiger partial charge in [0.15, 0.2) is 0 Å². The van der Waals surface area contributed by atoms with Crippen molar-refractivity contribution in [2.45, 2.75) is 56.9 Å². The van der Waals surface area contributed by atoms with E-state index < -0.39 is 35.6 Å². The molecule has 38 heavy (non-hydrogen) atoms. The molecule has 0 radical (unpaired) electrons. The molecule has 3 aliphatic heterocycles. The molecule has 3 fully saturated rings. The van der Waals surface area contributed by atoms with Gasteiger partial charge in [-0.1, -0.05) is 49.7 Å². The number of fused-ring (bicyclic) bond motifs is 1. The molecule has 4 rings (SSSR count). The van der Waals surface area contributed by atoms with Gasteiger partial charge in [0.1, 0.15) is 11.6 Å². The highest BCUT2D eigenvalue weighted by molar-refractivity contribution is 6.34. The van der Waals surface area contributed by atoms with Gasteiger partial charge in [-0.25, -0.2) is 0 Å². The van der Waals surface area contributed by atoms with Crippen LogP contribution in [0.2, 0.25) is 5.02 Å². The number of benzene rings is 1. The summed E-state index contributed by atoms with van der Waals surface area (Å²) in [5, 5.41) is 10.8. The highest BCUT2D eigenvalue weighted by Crippen LogP contribution is 2.59. The smallest absolute Gasteiger partial charge is 0.253 e. The Hall–Kier alpha value is -2.68. The third-order valence-electron chi connectivity index (χ3n) is 8.10. The topological polar surface area (TPSA) is 90.4 Å². The minimum Gasteiger partial charge on any atom is -0.394 e. The molecule has 206 valence electrons. The van der Waals surface area contributed by atoms with Crippen LogP contribution in [0.25, 0.3) is 0 Å². The van der Waals surface area contributed by atoms with E-state index in [2.05, 4.69) is 13.2 Å². The average molecular weight is 544 g/mol. The van der Waals surface area contributed by atoms with Gasteiger partial charge >= 0.3 is 0 Å². The molecule has 3 heterocycles. The van der Waals surface area contributed by atoms with E-state index in [1.165, 1.54) is 9.80 Å². The van der Waals surface area contributed by atoms with E-state index in [9.17, 15) is 19.5 Å². The summed E-state index contributed by atoms with van der Waals surface area (Å²) in [4.78, 5) is 47.0. The van der Waals surface area contributed by atoms with Crippen molar-refractivity contribution >= 4 is 35.0 Å². The van der Waals surface area contributed by atoms with Crippen LogP contribution in [0, 0.1) is 17.8 Å². The summed E-state index contributed by atoms with van der Waals surface area (Å²) in [6.07, 6.45) is 4.34. The molecule has 2 bridgehead atoms. The molecular weight excluding hydrogens is 506 g/mol. The van der Waals surface area contributed by atoms with Crippen LogP contribution in [0.4, 0.5) is 5.69 Å². The van der Waals surface area contributed by atoms with Crippen LogP contribution in [0.1, 0.15) is 33.1 Å². The third-order valence-corrected chi connectivity index (χ3v) is 8.42. The maximum atomic E-state index is 14.5. The highest BCUT2D eigenvalue weighted by Gasteiger charge is 2.75. The molecular formula is C29H38ClN3O5. The molecule has 1 aromatic carbocycles. The number of hydrogen-bond acceptors (Lipinski definition) is 5. The van der Waals surface area contributed by atoms with Crippen LogP contribution in [-0.4, -0.2) is 83.2 Å². The van der Waals surface area contributed by atoms with E-state index in [0.717, 1.165) is 0 Å². The zero-order chi connectivity index (χ0) is 27.8. The zero-order valence-corrected chi connectivity index (χ0v) is 23.1. The fraction of sp³-hybridized carbons (Fsp3) is 0.552. The highest BCUT2D eigenvalue weighted by atomic mass is 35.5. The van der Waals surface area contributed by atoms with E-state index in [0.29, 0.717) is 36.5 Å². The zero-order valence-electron chi connectivity index (χ0n) is 22.4. The molecule has 1 spiro atoms. The van der Waals surface area contributed by atoms with Gasteiger partial charge < -0.3 is 24.5 Å². The number of carbonyl (C=O) groups is 3. The number of nitrogens with zero attached hydrogens (tertiary/aromatic N) is 3. The molecule has 2 unspecified atom stereocenters. The third kappa shape index (κ3) is 4.56. The summed E-state index contributed by atoms with van der Waals surface area (Å²) in [6, 6.07) is 5.42. The quantitative estimate of drug-likeness (QED) is 0.433. The van der Waals surface area contributed by atoms with Crippen LogP contribution in [0.15, 0.2) is 49.6 Å². The molecule has 0 aliphatic carbocycles. The van der Waals surface area contributed by atoms with Crippen LogP contribution >= 0.6 is 11.6 Å². The molecule has 3 amide bonds. The van der Waals surface area contributed by atoms with Gasteiger partial charge in [-0.3, -0.25) is 14.4 Å². The molecule has 3 saturated heterocycles. The Morgan fingerprint density at radius 1 is 1.24 bits per heavy atom. The Bertz CT molecular complexity index is 1110. The summed E-state index contributed by atoms with van der Waals surface area (Å²) in [6.45, 7) is 11.8. The van der Waals surface area contributed by atoms with Crippen molar-refractivity contribution in [2.24, 2.45) is 17.8 Å². The molecule has 6 atom stereocenters. The number of ether oxygens (including phenoxy) is 1. The molecule has 1 N–H and O–H groups in total. The second-order valence-corrected chi connectivity index (χ2v) is 11.4. The molecule has 0 aromatic heterocycles. The number of carbonyl (C=O) groups excluding carboxylic acids is 3. The second-order valence-electron chi connectivity index (χ2n) is 11.0. The maximum Gasteiger partial charge on any atom is 0.253 e. The Morgan fingerprint density at radius 3 is 2.53 bits per heavy atom. The Labute approximate surface area is 229 Å². The minimum absolute atomic E-state index is 0.162. The number of rotatable bonds is 11. The van der Waals surface area contributed by atoms with Gasteiger partial charge in [0.2, 0.25) is 11.8 Å². The number of anilines is 1. The lowest BCUT2D eigenvalue weighted by atomic mass is 9.70. The van der Waals surface area contributed by atoms with Crippen molar-refractivity contribution < 1.29 is 24.2 Å². The number of hydrogen-bond donors (Lipinski definition) is 1. The monoisotopic (exact) mass is 543 g/mol. The lowest BCUT2D eigenvalue weighted by Gasteiger charge is -2.39. The fourth-order valence-corrected chi connectivity index (χ4v) is 6.90. The summed E-state index contributed by atoms with van der Waals surface area (Å²) < 4.78 is 6.55. The number of halogens is 1. The molecule has 0 saturated carbocycles. The van der Waals surface area contributed by atoms with Crippen molar-refractivity contribution in [2.75, 3.05) is 31.6 Å². The predicted octanol–water partition coefficient (Wildman–Crippen LogP) is 3.29. The summed E-state index contributed by atoms with van der Waals surface area (Å²) in [7, 11) is 1.68. The average Bonchev–Trinajstić information content (AvgIpc) is 3.53. The van der Waals surface area contributed by atoms with Gasteiger partial charge in [0.05, 0.1) is 41.3 Å². The van der Waals surface area contributed by atoms with Crippen molar-refractivity contribution in [1.82, 2.24) is 9.80 Å². The Balaban J connectivity index is 1.83. The van der Waals surface area contributed by atoms with E-state index in [1.54, 1.807) is 48.4 Å². The van der Waals surface area contributed by atoms with Gasteiger partial charge in [-0.05, 0) is 37.3 Å². The van der Waals surface area contributed by atoms with Crippen molar-refractivity contribution in [3.63, 3.8) is 0 Å².